The van der Waals surface area contributed by atoms with Crippen LogP contribution < -0.4 is 5.32 Å². The van der Waals surface area contributed by atoms with E-state index < -0.39 is 0 Å². The van der Waals surface area contributed by atoms with Crippen molar-refractivity contribution < 1.29 is 4.79 Å². The van der Waals surface area contributed by atoms with E-state index >= 15 is 0 Å². The third kappa shape index (κ3) is 4.51. The molecule has 0 aromatic heterocycles. The monoisotopic (exact) mass is 344 g/mol. The number of urea groups is 1. The molecule has 3 aromatic carbocycles. The van der Waals surface area contributed by atoms with Gasteiger partial charge in [0, 0.05) is 18.8 Å². The van der Waals surface area contributed by atoms with E-state index in [2.05, 4.69) is 18.3 Å². The molecule has 0 radical (unpaired) electrons. The first-order chi connectivity index (χ1) is 12.6. The predicted octanol–water partition coefficient (Wildman–Crippen LogP) is 5.54. The first-order valence-corrected chi connectivity index (χ1v) is 8.83. The molecule has 3 nitrogen and oxygen atoms in total. The normalized spacial score (nSPS) is 10.4. The van der Waals surface area contributed by atoms with Crippen LogP contribution in [0.15, 0.2) is 78.9 Å². The Labute approximate surface area is 155 Å². The van der Waals surface area contributed by atoms with Crippen LogP contribution >= 0.6 is 0 Å². The number of nitrogens with zero attached hydrogens (tertiary/aromatic N) is 1. The fourth-order valence-corrected chi connectivity index (χ4v) is 2.89. The molecule has 0 saturated carbocycles. The van der Waals surface area contributed by atoms with E-state index in [1.54, 1.807) is 0 Å². The van der Waals surface area contributed by atoms with E-state index in [9.17, 15) is 4.79 Å². The minimum absolute atomic E-state index is 0.0913. The van der Waals surface area contributed by atoms with Crippen LogP contribution in [0.5, 0.6) is 0 Å². The SMILES string of the molecule is Cc1cccc(NC(=O)N(Cc2ccccc2)Cc2ccccc2)c1C. The number of amides is 2. The number of carbonyl (C=O) groups excluding carboxylic acids is 1. The Balaban J connectivity index is 1.81. The highest BCUT2D eigenvalue weighted by Crippen LogP contribution is 2.19. The first kappa shape index (κ1) is 17.7. The van der Waals surface area contributed by atoms with Crippen molar-refractivity contribution in [3.8, 4) is 0 Å². The molecule has 1 N–H and O–H groups in total. The average Bonchev–Trinajstić information content (AvgIpc) is 2.66. The minimum atomic E-state index is -0.0913. The van der Waals surface area contributed by atoms with E-state index in [4.69, 9.17) is 0 Å². The molecule has 0 saturated heterocycles. The van der Waals surface area contributed by atoms with Gasteiger partial charge in [0.05, 0.1) is 0 Å². The summed E-state index contributed by atoms with van der Waals surface area (Å²) in [6.45, 7) is 5.21. The minimum Gasteiger partial charge on any atom is -0.316 e. The zero-order valence-corrected chi connectivity index (χ0v) is 15.3. The second kappa shape index (κ2) is 8.34. The van der Waals surface area contributed by atoms with E-state index in [1.165, 1.54) is 5.56 Å². The molecule has 3 heteroatoms. The highest BCUT2D eigenvalue weighted by Gasteiger charge is 2.16. The molecule has 132 valence electrons. The van der Waals surface area contributed by atoms with Gasteiger partial charge >= 0.3 is 6.03 Å². The van der Waals surface area contributed by atoms with Crippen molar-refractivity contribution in [1.29, 1.82) is 0 Å². The molecule has 0 aliphatic heterocycles. The molecule has 0 spiro atoms. The van der Waals surface area contributed by atoms with Gasteiger partial charge in [-0.05, 0) is 42.2 Å². The van der Waals surface area contributed by atoms with Crippen LogP contribution in [-0.4, -0.2) is 10.9 Å². The Morgan fingerprint density at radius 3 is 1.85 bits per heavy atom. The third-order valence-electron chi connectivity index (χ3n) is 4.57. The van der Waals surface area contributed by atoms with Gasteiger partial charge in [0.25, 0.3) is 0 Å². The van der Waals surface area contributed by atoms with Crippen LogP contribution in [0.25, 0.3) is 0 Å². The van der Waals surface area contributed by atoms with Gasteiger partial charge in [-0.2, -0.15) is 0 Å². The highest BCUT2D eigenvalue weighted by atomic mass is 16.2. The largest absolute Gasteiger partial charge is 0.322 e. The molecule has 0 heterocycles. The number of nitrogens with one attached hydrogen (secondary N) is 1. The Kier molecular flexibility index (Phi) is 5.69. The second-order valence-corrected chi connectivity index (χ2v) is 6.50. The maximum atomic E-state index is 13.0. The summed E-state index contributed by atoms with van der Waals surface area (Å²) in [5, 5.41) is 3.08. The smallest absolute Gasteiger partial charge is 0.316 e. The fraction of sp³-hybridized carbons (Fsp3) is 0.174. The number of hydrogen-bond donors (Lipinski definition) is 1. The number of carbonyl (C=O) groups is 1. The summed E-state index contributed by atoms with van der Waals surface area (Å²) in [5.74, 6) is 0. The molecular formula is C23H24N2O. The average molecular weight is 344 g/mol. The van der Waals surface area contributed by atoms with Gasteiger partial charge in [-0.25, -0.2) is 4.79 Å². The number of benzene rings is 3. The lowest BCUT2D eigenvalue weighted by molar-refractivity contribution is 0.206. The quantitative estimate of drug-likeness (QED) is 0.648. The standard InChI is InChI=1S/C23H24N2O/c1-18-10-9-15-22(19(18)2)24-23(26)25(16-20-11-5-3-6-12-20)17-21-13-7-4-8-14-21/h3-15H,16-17H2,1-2H3,(H,24,26). The van der Waals surface area contributed by atoms with Gasteiger partial charge < -0.3 is 10.2 Å². The zero-order chi connectivity index (χ0) is 18.4. The lowest BCUT2D eigenvalue weighted by Crippen LogP contribution is -2.34. The van der Waals surface area contributed by atoms with Crippen molar-refractivity contribution in [3.63, 3.8) is 0 Å². The Morgan fingerprint density at radius 1 is 0.769 bits per heavy atom. The molecule has 0 aliphatic carbocycles. The van der Waals surface area contributed by atoms with Crippen molar-refractivity contribution in [2.24, 2.45) is 0 Å². The zero-order valence-electron chi connectivity index (χ0n) is 15.3. The fourth-order valence-electron chi connectivity index (χ4n) is 2.89. The van der Waals surface area contributed by atoms with Crippen molar-refractivity contribution in [2.75, 3.05) is 5.32 Å². The van der Waals surface area contributed by atoms with Gasteiger partial charge in [-0.3, -0.25) is 0 Å². The van der Waals surface area contributed by atoms with Crippen LogP contribution in [0.4, 0.5) is 10.5 Å². The van der Waals surface area contributed by atoms with Gasteiger partial charge in [0.1, 0.15) is 0 Å². The molecule has 0 aliphatic rings. The third-order valence-corrected chi connectivity index (χ3v) is 4.57. The van der Waals surface area contributed by atoms with Crippen LogP contribution in [0, 0.1) is 13.8 Å². The predicted molar refractivity (Wildman–Crippen MR) is 107 cm³/mol. The summed E-state index contributed by atoms with van der Waals surface area (Å²) in [4.78, 5) is 14.8. The lowest BCUT2D eigenvalue weighted by Gasteiger charge is -2.24. The molecule has 3 rings (SSSR count). The molecule has 3 aromatic rings. The summed E-state index contributed by atoms with van der Waals surface area (Å²) < 4.78 is 0. The van der Waals surface area contributed by atoms with Gasteiger partial charge in [-0.1, -0.05) is 72.8 Å². The van der Waals surface area contributed by atoms with Crippen LogP contribution in [0.1, 0.15) is 22.3 Å². The Hall–Kier alpha value is -3.07. The topological polar surface area (TPSA) is 32.3 Å². The number of aryl methyl sites for hydroxylation is 1. The molecule has 0 atom stereocenters. The number of rotatable bonds is 5. The van der Waals surface area contributed by atoms with Crippen molar-refractivity contribution in [2.45, 2.75) is 26.9 Å². The van der Waals surface area contributed by atoms with Crippen molar-refractivity contribution in [3.05, 3.63) is 101 Å². The van der Waals surface area contributed by atoms with Gasteiger partial charge in [0.15, 0.2) is 0 Å². The Bertz CT molecular complexity index is 818. The van der Waals surface area contributed by atoms with Gasteiger partial charge in [0.2, 0.25) is 0 Å². The molecule has 0 bridgehead atoms. The van der Waals surface area contributed by atoms with Crippen molar-refractivity contribution >= 4 is 11.7 Å². The van der Waals surface area contributed by atoms with Gasteiger partial charge in [-0.15, -0.1) is 0 Å². The highest BCUT2D eigenvalue weighted by molar-refractivity contribution is 5.90. The van der Waals surface area contributed by atoms with E-state index in [-0.39, 0.29) is 6.03 Å². The van der Waals surface area contributed by atoms with E-state index in [0.717, 1.165) is 22.4 Å². The van der Waals surface area contributed by atoms with Crippen molar-refractivity contribution in [1.82, 2.24) is 4.90 Å². The number of anilines is 1. The summed E-state index contributed by atoms with van der Waals surface area (Å²) >= 11 is 0. The lowest BCUT2D eigenvalue weighted by atomic mass is 10.1. The van der Waals surface area contributed by atoms with E-state index in [1.807, 2.05) is 84.6 Å². The first-order valence-electron chi connectivity index (χ1n) is 8.83. The van der Waals surface area contributed by atoms with Crippen LogP contribution in [0.3, 0.4) is 0 Å². The maximum absolute atomic E-state index is 13.0. The second-order valence-electron chi connectivity index (χ2n) is 6.50. The number of hydrogen-bond acceptors (Lipinski definition) is 1. The molecular weight excluding hydrogens is 320 g/mol. The summed E-state index contributed by atoms with van der Waals surface area (Å²) in [5.41, 5.74) is 5.35. The molecule has 0 unspecified atom stereocenters. The maximum Gasteiger partial charge on any atom is 0.322 e. The van der Waals surface area contributed by atoms with Crippen LogP contribution in [0.2, 0.25) is 0 Å². The summed E-state index contributed by atoms with van der Waals surface area (Å²) in [6.07, 6.45) is 0. The Morgan fingerprint density at radius 2 is 1.31 bits per heavy atom. The summed E-state index contributed by atoms with van der Waals surface area (Å²) in [7, 11) is 0. The van der Waals surface area contributed by atoms with Crippen LogP contribution in [-0.2, 0) is 13.1 Å². The summed E-state index contributed by atoms with van der Waals surface area (Å²) in [6, 6.07) is 26.0. The molecule has 0 fully saturated rings. The van der Waals surface area contributed by atoms with E-state index in [0.29, 0.717) is 13.1 Å². The molecule has 2 amide bonds. The molecule has 26 heavy (non-hydrogen) atoms.